The highest BCUT2D eigenvalue weighted by atomic mass is 32.1. The minimum Gasteiger partial charge on any atom is -0.365 e. The third-order valence-electron chi connectivity index (χ3n) is 4.71. The maximum Gasteiger partial charge on any atom is 0.194 e. The Balaban J connectivity index is 1.59. The number of nitrogens with one attached hydrogen (secondary N) is 2. The van der Waals surface area contributed by atoms with Crippen LogP contribution in [0, 0.1) is 0 Å². The monoisotopic (exact) mass is 356 g/mol. The fourth-order valence-electron chi connectivity index (χ4n) is 3.15. The van der Waals surface area contributed by atoms with Crippen LogP contribution in [0.3, 0.4) is 0 Å². The number of piperidine rings is 1. The molecule has 1 saturated heterocycles. The van der Waals surface area contributed by atoms with Crippen molar-refractivity contribution in [3.05, 3.63) is 29.7 Å². The lowest BCUT2D eigenvalue weighted by Crippen LogP contribution is -2.43. The zero-order valence-electron chi connectivity index (χ0n) is 14.9. The average Bonchev–Trinajstić information content (AvgIpc) is 3.18. The number of anilines is 1. The first-order valence-electron chi connectivity index (χ1n) is 8.89. The van der Waals surface area contributed by atoms with E-state index >= 15 is 0 Å². The Morgan fingerprint density at radius 3 is 2.92 bits per heavy atom. The molecule has 0 spiro atoms. The van der Waals surface area contributed by atoms with Crippen LogP contribution in [0.25, 0.3) is 16.3 Å². The molecule has 2 atom stereocenters. The van der Waals surface area contributed by atoms with Crippen LogP contribution >= 0.6 is 11.3 Å². The van der Waals surface area contributed by atoms with Gasteiger partial charge in [0.05, 0.1) is 24.3 Å². The Kier molecular flexibility index (Phi) is 4.43. The quantitative estimate of drug-likeness (QED) is 0.748. The summed E-state index contributed by atoms with van der Waals surface area (Å²) in [6, 6.07) is 1.00. The first kappa shape index (κ1) is 16.5. The van der Waals surface area contributed by atoms with E-state index in [1.165, 1.54) is 11.3 Å². The van der Waals surface area contributed by atoms with E-state index in [-0.39, 0.29) is 0 Å². The van der Waals surface area contributed by atoms with Gasteiger partial charge in [-0.25, -0.2) is 9.97 Å². The summed E-state index contributed by atoms with van der Waals surface area (Å²) in [7, 11) is 0. The molecule has 0 amide bonds. The topological polar surface area (TPSA) is 67.1 Å². The van der Waals surface area contributed by atoms with Gasteiger partial charge >= 0.3 is 0 Å². The highest BCUT2D eigenvalue weighted by Gasteiger charge is 2.18. The first-order valence-corrected chi connectivity index (χ1v) is 9.71. The van der Waals surface area contributed by atoms with Crippen molar-refractivity contribution in [3.63, 3.8) is 0 Å². The zero-order chi connectivity index (χ0) is 17.4. The molecule has 6 nitrogen and oxygen atoms in total. The molecule has 0 bridgehead atoms. The fourth-order valence-corrected chi connectivity index (χ4v) is 4.11. The maximum atomic E-state index is 4.77. The zero-order valence-corrected chi connectivity index (χ0v) is 15.7. The van der Waals surface area contributed by atoms with Gasteiger partial charge in [-0.2, -0.15) is 0 Å². The summed E-state index contributed by atoms with van der Waals surface area (Å²) in [4.78, 5) is 16.0. The SMILES string of the molecule is CC(C)c1cn2c(-c3cncc(N[C@@H]4CC[C@@H](C)NC4)n3)cnc2s1. The lowest BCUT2D eigenvalue weighted by Gasteiger charge is -2.28. The smallest absolute Gasteiger partial charge is 0.194 e. The molecular weight excluding hydrogens is 332 g/mol. The highest BCUT2D eigenvalue weighted by Crippen LogP contribution is 2.29. The number of aromatic nitrogens is 4. The van der Waals surface area contributed by atoms with Crippen LogP contribution in [-0.2, 0) is 0 Å². The molecule has 132 valence electrons. The van der Waals surface area contributed by atoms with E-state index in [9.17, 15) is 0 Å². The van der Waals surface area contributed by atoms with Crippen molar-refractivity contribution in [3.8, 4) is 11.4 Å². The van der Waals surface area contributed by atoms with Gasteiger partial charge < -0.3 is 10.6 Å². The van der Waals surface area contributed by atoms with Crippen molar-refractivity contribution >= 4 is 22.1 Å². The second-order valence-electron chi connectivity index (χ2n) is 7.10. The Hall–Kier alpha value is -1.99. The van der Waals surface area contributed by atoms with Crippen LogP contribution < -0.4 is 10.6 Å². The molecule has 0 aliphatic carbocycles. The van der Waals surface area contributed by atoms with Crippen LogP contribution in [0.2, 0.25) is 0 Å². The van der Waals surface area contributed by atoms with Crippen molar-refractivity contribution in [2.24, 2.45) is 0 Å². The molecule has 0 aromatic carbocycles. The van der Waals surface area contributed by atoms with Crippen LogP contribution in [0.15, 0.2) is 24.8 Å². The Bertz CT molecular complexity index is 859. The van der Waals surface area contributed by atoms with Gasteiger partial charge in [-0.15, -0.1) is 11.3 Å². The predicted octanol–water partition coefficient (Wildman–Crippen LogP) is 3.53. The van der Waals surface area contributed by atoms with Crippen molar-refractivity contribution in [2.45, 2.75) is 51.6 Å². The average molecular weight is 356 g/mol. The third kappa shape index (κ3) is 3.39. The van der Waals surface area contributed by atoms with Gasteiger partial charge in [-0.1, -0.05) is 13.8 Å². The Morgan fingerprint density at radius 2 is 2.16 bits per heavy atom. The van der Waals surface area contributed by atoms with Crippen molar-refractivity contribution in [2.75, 3.05) is 11.9 Å². The Labute approximate surface area is 151 Å². The molecule has 1 aliphatic rings. The molecular formula is C18H24N6S. The van der Waals surface area contributed by atoms with Gasteiger partial charge in [0.25, 0.3) is 0 Å². The molecule has 0 saturated carbocycles. The van der Waals surface area contributed by atoms with Gasteiger partial charge in [0.15, 0.2) is 4.96 Å². The van der Waals surface area contributed by atoms with E-state index in [0.29, 0.717) is 18.0 Å². The molecule has 1 aliphatic heterocycles. The standard InChI is InChI=1S/C18H24N6S/c1-11(2)16-10-24-15(8-21-18(24)25-16)14-7-19-9-17(23-14)22-13-5-4-12(3)20-6-13/h7-13,20H,4-6H2,1-3H3,(H,22,23)/t12-,13-/m1/s1. The number of fused-ring (bicyclic) bond motifs is 1. The summed E-state index contributed by atoms with van der Waals surface area (Å²) >= 11 is 1.73. The van der Waals surface area contributed by atoms with Gasteiger partial charge in [-0.3, -0.25) is 9.38 Å². The first-order chi connectivity index (χ1) is 12.1. The summed E-state index contributed by atoms with van der Waals surface area (Å²) in [6.07, 6.45) is 9.99. The molecule has 0 radical (unpaired) electrons. The summed E-state index contributed by atoms with van der Waals surface area (Å²) in [5, 5.41) is 7.02. The molecule has 4 rings (SSSR count). The number of imidazole rings is 1. The van der Waals surface area contributed by atoms with Gasteiger partial charge in [-0.05, 0) is 25.7 Å². The summed E-state index contributed by atoms with van der Waals surface area (Å²) < 4.78 is 2.12. The second-order valence-corrected chi connectivity index (χ2v) is 8.14. The number of rotatable bonds is 4. The molecule has 0 unspecified atom stereocenters. The molecule has 3 aromatic heterocycles. The molecule has 7 heteroatoms. The minimum absolute atomic E-state index is 0.403. The largest absolute Gasteiger partial charge is 0.365 e. The van der Waals surface area contributed by atoms with Gasteiger partial charge in [0.1, 0.15) is 11.5 Å². The van der Waals surface area contributed by atoms with E-state index in [0.717, 1.165) is 35.1 Å². The van der Waals surface area contributed by atoms with Gasteiger partial charge in [0.2, 0.25) is 0 Å². The summed E-state index contributed by atoms with van der Waals surface area (Å²) in [6.45, 7) is 7.60. The van der Waals surface area contributed by atoms with E-state index in [4.69, 9.17) is 4.98 Å². The third-order valence-corrected chi connectivity index (χ3v) is 6.00. The van der Waals surface area contributed by atoms with Crippen LogP contribution in [0.5, 0.6) is 0 Å². The lowest BCUT2D eigenvalue weighted by molar-refractivity contribution is 0.398. The minimum atomic E-state index is 0.403. The summed E-state index contributed by atoms with van der Waals surface area (Å²) in [5.74, 6) is 1.33. The molecule has 2 N–H and O–H groups in total. The van der Waals surface area contributed by atoms with Crippen LogP contribution in [0.4, 0.5) is 5.82 Å². The second kappa shape index (κ2) is 6.72. The van der Waals surface area contributed by atoms with Crippen molar-refractivity contribution < 1.29 is 0 Å². The predicted molar refractivity (Wildman–Crippen MR) is 102 cm³/mol. The maximum absolute atomic E-state index is 4.77. The molecule has 1 fully saturated rings. The van der Waals surface area contributed by atoms with E-state index < -0.39 is 0 Å². The van der Waals surface area contributed by atoms with Crippen LogP contribution in [-0.4, -0.2) is 38.0 Å². The van der Waals surface area contributed by atoms with E-state index in [1.807, 2.05) is 12.4 Å². The number of hydrogen-bond donors (Lipinski definition) is 2. The van der Waals surface area contributed by atoms with E-state index in [1.54, 1.807) is 17.5 Å². The Morgan fingerprint density at radius 1 is 1.28 bits per heavy atom. The number of thiazole rings is 1. The van der Waals surface area contributed by atoms with E-state index in [2.05, 4.69) is 52.0 Å². The number of hydrogen-bond acceptors (Lipinski definition) is 6. The molecule has 25 heavy (non-hydrogen) atoms. The fraction of sp³-hybridized carbons (Fsp3) is 0.500. The normalized spacial score (nSPS) is 21.1. The molecule has 3 aromatic rings. The number of nitrogens with zero attached hydrogens (tertiary/aromatic N) is 4. The van der Waals surface area contributed by atoms with Gasteiger partial charge in [0, 0.05) is 29.7 Å². The molecule has 4 heterocycles. The van der Waals surface area contributed by atoms with Crippen LogP contribution in [0.1, 0.15) is 44.4 Å². The van der Waals surface area contributed by atoms with Crippen molar-refractivity contribution in [1.82, 2.24) is 24.7 Å². The van der Waals surface area contributed by atoms with Crippen molar-refractivity contribution in [1.29, 1.82) is 0 Å². The summed E-state index contributed by atoms with van der Waals surface area (Å²) in [5.41, 5.74) is 1.84. The highest BCUT2D eigenvalue weighted by molar-refractivity contribution is 7.17. The lowest BCUT2D eigenvalue weighted by atomic mass is 10.0.